The first kappa shape index (κ1) is 23.4. The number of carbonyl (C=O) groups excluding carboxylic acids is 1. The molecule has 1 aromatic carbocycles. The van der Waals surface area contributed by atoms with Crippen LogP contribution in [0.25, 0.3) is 11.0 Å². The van der Waals surface area contributed by atoms with Gasteiger partial charge in [-0.3, -0.25) is 14.4 Å². The van der Waals surface area contributed by atoms with Crippen molar-refractivity contribution < 1.29 is 19.4 Å². The Morgan fingerprint density at radius 2 is 1.91 bits per heavy atom. The van der Waals surface area contributed by atoms with Gasteiger partial charge in [0.1, 0.15) is 5.82 Å². The van der Waals surface area contributed by atoms with E-state index >= 15 is 0 Å². The third kappa shape index (κ3) is 4.28. The maximum atomic E-state index is 12.6. The fourth-order valence-corrected chi connectivity index (χ4v) is 5.84. The van der Waals surface area contributed by atoms with E-state index in [2.05, 4.69) is 15.7 Å². The number of methoxy groups -OCH3 is 1. The summed E-state index contributed by atoms with van der Waals surface area (Å²) in [4.78, 5) is 31.0. The molecule has 0 spiro atoms. The average molecular weight is 480 g/mol. The van der Waals surface area contributed by atoms with Gasteiger partial charge in [0.15, 0.2) is 0 Å². The standard InChI is InChI=1S/C26H33N5O4/c1-16-4-10-20-21(30(16)26(34)35-3)11-12-22-24(20)28-23(13-5-17-14-27-29(2)15-17)31(22)19-8-6-18(7-9-19)25(32)33/h11-12,14-16,18-19H,4-10,13H2,1-3H3,(H,32,33)/t16-,18-,19-/m0/s1. The quantitative estimate of drug-likeness (QED) is 0.586. The highest BCUT2D eigenvalue weighted by atomic mass is 16.5. The second-order valence-corrected chi connectivity index (χ2v) is 9.92. The zero-order valence-electron chi connectivity index (χ0n) is 20.6. The molecule has 0 unspecified atom stereocenters. The number of nitrogens with zero attached hydrogens (tertiary/aromatic N) is 5. The van der Waals surface area contributed by atoms with Crippen LogP contribution in [-0.4, -0.2) is 49.7 Å². The summed E-state index contributed by atoms with van der Waals surface area (Å²) in [5, 5.41) is 13.8. The van der Waals surface area contributed by atoms with Crippen molar-refractivity contribution in [2.75, 3.05) is 12.0 Å². The number of benzene rings is 1. The number of aliphatic carboxylic acids is 1. The van der Waals surface area contributed by atoms with Crippen LogP contribution in [0.1, 0.15) is 62.0 Å². The molecule has 1 N–H and O–H groups in total. The van der Waals surface area contributed by atoms with E-state index in [0.717, 1.165) is 72.2 Å². The summed E-state index contributed by atoms with van der Waals surface area (Å²) in [6.07, 6.45) is 9.89. The molecular formula is C26H33N5O4. The van der Waals surface area contributed by atoms with Crippen molar-refractivity contribution in [3.63, 3.8) is 0 Å². The molecule has 3 heterocycles. The number of carboxylic acids is 1. The number of imidazole rings is 1. The van der Waals surface area contributed by atoms with E-state index in [1.165, 1.54) is 7.11 Å². The van der Waals surface area contributed by atoms with Gasteiger partial charge in [0.05, 0.1) is 35.9 Å². The van der Waals surface area contributed by atoms with Crippen molar-refractivity contribution in [1.29, 1.82) is 0 Å². The molecule has 0 saturated heterocycles. The fraction of sp³-hybridized carbons (Fsp3) is 0.538. The Morgan fingerprint density at radius 1 is 1.14 bits per heavy atom. The highest BCUT2D eigenvalue weighted by Crippen LogP contribution is 2.40. The van der Waals surface area contributed by atoms with Crippen molar-refractivity contribution in [3.8, 4) is 0 Å². The topological polar surface area (TPSA) is 102 Å². The molecule has 2 aliphatic rings. The molecule has 0 radical (unpaired) electrons. The molecule has 1 saturated carbocycles. The Hall–Kier alpha value is -3.36. The minimum atomic E-state index is -0.693. The van der Waals surface area contributed by atoms with Gasteiger partial charge in [0, 0.05) is 37.3 Å². The smallest absolute Gasteiger partial charge is 0.414 e. The first-order valence-corrected chi connectivity index (χ1v) is 12.5. The highest BCUT2D eigenvalue weighted by Gasteiger charge is 2.33. The average Bonchev–Trinajstić information content (AvgIpc) is 3.45. The summed E-state index contributed by atoms with van der Waals surface area (Å²) < 4.78 is 9.24. The first-order chi connectivity index (χ1) is 16.9. The van der Waals surface area contributed by atoms with E-state index in [9.17, 15) is 14.7 Å². The van der Waals surface area contributed by atoms with E-state index in [0.29, 0.717) is 12.8 Å². The van der Waals surface area contributed by atoms with Gasteiger partial charge in [0.25, 0.3) is 0 Å². The molecule has 1 aliphatic heterocycles. The first-order valence-electron chi connectivity index (χ1n) is 12.5. The largest absolute Gasteiger partial charge is 0.481 e. The number of carbonyl (C=O) groups is 2. The Balaban J connectivity index is 1.56. The Morgan fingerprint density at radius 3 is 2.57 bits per heavy atom. The number of anilines is 1. The van der Waals surface area contributed by atoms with E-state index in [4.69, 9.17) is 9.72 Å². The second-order valence-electron chi connectivity index (χ2n) is 9.92. The zero-order valence-corrected chi connectivity index (χ0v) is 20.6. The molecule has 186 valence electrons. The fourth-order valence-electron chi connectivity index (χ4n) is 5.84. The number of ether oxygens (including phenoxy) is 1. The van der Waals surface area contributed by atoms with Gasteiger partial charge in [-0.2, -0.15) is 5.10 Å². The summed E-state index contributed by atoms with van der Waals surface area (Å²) in [6.45, 7) is 2.04. The number of carboxylic acid groups (broad SMARTS) is 1. The third-order valence-electron chi connectivity index (χ3n) is 7.71. The van der Waals surface area contributed by atoms with E-state index < -0.39 is 5.97 Å². The third-order valence-corrected chi connectivity index (χ3v) is 7.71. The maximum absolute atomic E-state index is 12.6. The summed E-state index contributed by atoms with van der Waals surface area (Å²) in [6, 6.07) is 4.38. The predicted octanol–water partition coefficient (Wildman–Crippen LogP) is 4.28. The van der Waals surface area contributed by atoms with Crippen LogP contribution in [-0.2, 0) is 35.8 Å². The van der Waals surface area contributed by atoms with E-state index in [-0.39, 0.29) is 24.1 Å². The van der Waals surface area contributed by atoms with Crippen LogP contribution in [0.2, 0.25) is 0 Å². The lowest BCUT2D eigenvalue weighted by atomic mass is 9.85. The number of hydrogen-bond acceptors (Lipinski definition) is 5. The van der Waals surface area contributed by atoms with Crippen molar-refractivity contribution in [3.05, 3.63) is 41.5 Å². The molecule has 35 heavy (non-hydrogen) atoms. The Labute approximate surface area is 204 Å². The molecule has 3 aromatic rings. The molecule has 1 fully saturated rings. The summed E-state index contributed by atoms with van der Waals surface area (Å²) in [5.74, 6) is 0.0591. The summed E-state index contributed by atoms with van der Waals surface area (Å²) in [7, 11) is 3.33. The van der Waals surface area contributed by atoms with E-state index in [1.54, 1.807) is 4.90 Å². The van der Waals surface area contributed by atoms with Crippen LogP contribution in [0, 0.1) is 5.92 Å². The van der Waals surface area contributed by atoms with E-state index in [1.807, 2.05) is 37.1 Å². The van der Waals surface area contributed by atoms with Crippen LogP contribution >= 0.6 is 0 Å². The van der Waals surface area contributed by atoms with Crippen LogP contribution in [0.15, 0.2) is 24.5 Å². The minimum Gasteiger partial charge on any atom is -0.481 e. The lowest BCUT2D eigenvalue weighted by Gasteiger charge is -2.34. The van der Waals surface area contributed by atoms with Gasteiger partial charge in [-0.1, -0.05) is 0 Å². The summed E-state index contributed by atoms with van der Waals surface area (Å²) in [5.41, 5.74) is 5.15. The van der Waals surface area contributed by atoms with Crippen LogP contribution in [0.5, 0.6) is 0 Å². The van der Waals surface area contributed by atoms with Gasteiger partial charge in [0.2, 0.25) is 0 Å². The molecule has 1 atom stereocenters. The Bertz CT molecular complexity index is 1250. The highest BCUT2D eigenvalue weighted by molar-refractivity contribution is 5.95. The van der Waals surface area contributed by atoms with Crippen LogP contribution in [0.4, 0.5) is 10.5 Å². The van der Waals surface area contributed by atoms with Gasteiger partial charge in [-0.15, -0.1) is 0 Å². The Kier molecular flexibility index (Phi) is 6.25. The number of rotatable bonds is 5. The van der Waals surface area contributed by atoms with Gasteiger partial charge in [-0.05, 0) is 69.6 Å². The number of aryl methyl sites for hydroxylation is 4. The zero-order chi connectivity index (χ0) is 24.7. The SMILES string of the molecule is COC(=O)N1c2ccc3c(nc(CCc4cnn(C)c4)n3[C@H]3CC[C@H](C(=O)O)CC3)c2CC[C@@H]1C. The predicted molar refractivity (Wildman–Crippen MR) is 132 cm³/mol. The lowest BCUT2D eigenvalue weighted by molar-refractivity contribution is -0.143. The molecular weight excluding hydrogens is 446 g/mol. The van der Waals surface area contributed by atoms with Crippen LogP contribution < -0.4 is 4.90 Å². The maximum Gasteiger partial charge on any atom is 0.414 e. The lowest BCUT2D eigenvalue weighted by Crippen LogP contribution is -2.42. The van der Waals surface area contributed by atoms with Crippen LogP contribution in [0.3, 0.4) is 0 Å². The molecule has 9 nitrogen and oxygen atoms in total. The normalized spacial score (nSPS) is 22.3. The number of fused-ring (bicyclic) bond motifs is 3. The molecule has 5 rings (SSSR count). The molecule has 2 aromatic heterocycles. The number of amides is 1. The molecule has 1 aliphatic carbocycles. The second kappa shape index (κ2) is 9.36. The monoisotopic (exact) mass is 479 g/mol. The number of hydrogen-bond donors (Lipinski definition) is 1. The molecule has 9 heteroatoms. The van der Waals surface area contributed by atoms with Crippen molar-refractivity contribution >= 4 is 28.8 Å². The van der Waals surface area contributed by atoms with Crippen molar-refractivity contribution in [2.24, 2.45) is 13.0 Å². The van der Waals surface area contributed by atoms with Crippen molar-refractivity contribution in [1.82, 2.24) is 19.3 Å². The van der Waals surface area contributed by atoms with Gasteiger partial charge >= 0.3 is 12.1 Å². The number of aromatic nitrogens is 4. The minimum absolute atomic E-state index is 0.0610. The van der Waals surface area contributed by atoms with Gasteiger partial charge < -0.3 is 14.4 Å². The molecule has 0 bridgehead atoms. The van der Waals surface area contributed by atoms with Crippen molar-refractivity contribution in [2.45, 2.75) is 70.4 Å². The molecule has 1 amide bonds. The summed E-state index contributed by atoms with van der Waals surface area (Å²) >= 11 is 0. The van der Waals surface area contributed by atoms with Gasteiger partial charge in [-0.25, -0.2) is 9.78 Å².